The van der Waals surface area contributed by atoms with Crippen molar-refractivity contribution in [3.8, 4) is 11.1 Å². The van der Waals surface area contributed by atoms with Gasteiger partial charge in [-0.3, -0.25) is 14.9 Å². The number of benzene rings is 2. The van der Waals surface area contributed by atoms with Crippen molar-refractivity contribution in [1.82, 2.24) is 24.3 Å². The second-order valence-corrected chi connectivity index (χ2v) is 12.8. The molecular weight excluding hydrogens is 587 g/mol. The molecule has 0 bridgehead atoms. The molecule has 1 fully saturated rings. The molecule has 0 aliphatic carbocycles. The third-order valence-electron chi connectivity index (χ3n) is 9.04. The van der Waals surface area contributed by atoms with Crippen LogP contribution in [-0.4, -0.2) is 62.0 Å². The number of likely N-dealkylation sites (tertiary alicyclic amines) is 1. The summed E-state index contributed by atoms with van der Waals surface area (Å²) in [6.45, 7) is 5.89. The lowest BCUT2D eigenvalue weighted by atomic mass is 9.88. The molecule has 11 heteroatoms. The Balaban J connectivity index is 1.17. The van der Waals surface area contributed by atoms with Crippen molar-refractivity contribution >= 4 is 39.9 Å². The number of hydrogen-bond acceptors (Lipinski definition) is 6. The lowest BCUT2D eigenvalue weighted by Crippen LogP contribution is -2.38. The number of carbonyl (C=O) groups is 2. The highest BCUT2D eigenvalue weighted by Crippen LogP contribution is 2.40. The van der Waals surface area contributed by atoms with Crippen molar-refractivity contribution in [2.75, 3.05) is 25.0 Å². The number of rotatable bonds is 7. The van der Waals surface area contributed by atoms with E-state index < -0.39 is 18.1 Å². The number of alkyl halides is 1. The van der Waals surface area contributed by atoms with Crippen LogP contribution < -0.4 is 5.32 Å². The molecule has 0 saturated carbocycles. The SMILES string of the molecule is CCN1CCC(c2ccc(-c3cc(Cl)c4c(c3)C(=O)N(C(C(=O)Nc3nccs3)c3ncn5c3CC(F)C5)C4)cc2)CC1. The van der Waals surface area contributed by atoms with Crippen LogP contribution in [0.3, 0.4) is 0 Å². The molecule has 0 radical (unpaired) electrons. The zero-order valence-corrected chi connectivity index (χ0v) is 25.4. The number of aromatic nitrogens is 3. The fourth-order valence-corrected chi connectivity index (χ4v) is 7.49. The molecule has 222 valence electrons. The van der Waals surface area contributed by atoms with Crippen molar-refractivity contribution in [1.29, 1.82) is 0 Å². The van der Waals surface area contributed by atoms with E-state index in [4.69, 9.17) is 11.6 Å². The largest absolute Gasteiger partial charge is 0.331 e. The summed E-state index contributed by atoms with van der Waals surface area (Å²) < 4.78 is 16.1. The summed E-state index contributed by atoms with van der Waals surface area (Å²) in [4.78, 5) is 40.4. The van der Waals surface area contributed by atoms with Gasteiger partial charge < -0.3 is 14.4 Å². The molecule has 7 rings (SSSR count). The maximum atomic E-state index is 14.3. The molecule has 3 aliphatic heterocycles. The normalized spacial score (nSPS) is 19.5. The standard InChI is InChI=1S/C32H32ClFN6O2S/c1-2-38-10-7-21(8-11-38)19-3-5-20(6-4-19)22-13-24-25(26(33)14-22)17-40(31(24)42)29(30(41)37-32-35-9-12-43-32)28-27-15-23(34)16-39(27)18-36-28/h3-6,9,12-14,18,21,23,29H,2,7-8,10-11,15-17H2,1H3,(H,35,37,41). The van der Waals surface area contributed by atoms with Gasteiger partial charge in [-0.2, -0.15) is 0 Å². The Kier molecular flexibility index (Phi) is 7.53. The Hall–Kier alpha value is -3.60. The van der Waals surface area contributed by atoms with Crippen LogP contribution >= 0.6 is 22.9 Å². The minimum absolute atomic E-state index is 0.143. The molecule has 2 atom stereocenters. The van der Waals surface area contributed by atoms with Crippen molar-refractivity contribution in [3.63, 3.8) is 0 Å². The number of thiazole rings is 1. The van der Waals surface area contributed by atoms with E-state index in [1.807, 2.05) is 12.1 Å². The first-order valence-electron chi connectivity index (χ1n) is 14.7. The van der Waals surface area contributed by atoms with E-state index in [0.29, 0.717) is 38.6 Å². The maximum Gasteiger partial charge on any atom is 0.255 e. The van der Waals surface area contributed by atoms with Crippen LogP contribution in [0.2, 0.25) is 5.02 Å². The number of nitrogens with one attached hydrogen (secondary N) is 1. The first-order chi connectivity index (χ1) is 20.9. The van der Waals surface area contributed by atoms with Crippen molar-refractivity contribution in [2.24, 2.45) is 0 Å². The summed E-state index contributed by atoms with van der Waals surface area (Å²) in [6, 6.07) is 11.3. The third-order valence-corrected chi connectivity index (χ3v) is 10.1. The molecular formula is C32H32ClFN6O2S. The predicted octanol–water partition coefficient (Wildman–Crippen LogP) is 6.09. The topological polar surface area (TPSA) is 83.4 Å². The quantitative estimate of drug-likeness (QED) is 0.271. The first-order valence-corrected chi connectivity index (χ1v) is 16.0. The molecule has 4 aromatic rings. The van der Waals surface area contributed by atoms with E-state index in [9.17, 15) is 14.0 Å². The van der Waals surface area contributed by atoms with E-state index in [0.717, 1.165) is 43.6 Å². The third kappa shape index (κ3) is 5.25. The molecule has 2 aromatic heterocycles. The number of imidazole rings is 1. The molecule has 3 aliphatic rings. The van der Waals surface area contributed by atoms with Gasteiger partial charge in [0.2, 0.25) is 0 Å². The van der Waals surface area contributed by atoms with Crippen molar-refractivity contribution in [2.45, 2.75) is 57.4 Å². The number of amides is 2. The number of nitrogens with zero attached hydrogens (tertiary/aromatic N) is 5. The average Bonchev–Trinajstić information content (AvgIpc) is 3.81. The Morgan fingerprint density at radius 1 is 1.16 bits per heavy atom. The molecule has 2 aromatic carbocycles. The maximum absolute atomic E-state index is 14.3. The minimum Gasteiger partial charge on any atom is -0.331 e. The van der Waals surface area contributed by atoms with Gasteiger partial charge in [-0.15, -0.1) is 11.3 Å². The number of anilines is 1. The lowest BCUT2D eigenvalue weighted by Gasteiger charge is -2.31. The van der Waals surface area contributed by atoms with Crippen LogP contribution in [0.25, 0.3) is 11.1 Å². The van der Waals surface area contributed by atoms with E-state index in [1.165, 1.54) is 21.8 Å². The molecule has 2 unspecified atom stereocenters. The molecule has 8 nitrogen and oxygen atoms in total. The highest BCUT2D eigenvalue weighted by atomic mass is 35.5. The van der Waals surface area contributed by atoms with E-state index >= 15 is 0 Å². The Bertz CT molecular complexity index is 1670. The van der Waals surface area contributed by atoms with Gasteiger partial charge in [-0.05, 0) is 67.2 Å². The van der Waals surface area contributed by atoms with E-state index in [-0.39, 0.29) is 25.4 Å². The van der Waals surface area contributed by atoms with Gasteiger partial charge in [0.1, 0.15) is 6.17 Å². The van der Waals surface area contributed by atoms with Gasteiger partial charge in [-0.25, -0.2) is 14.4 Å². The number of carbonyl (C=O) groups excluding carboxylic acids is 2. The Labute approximate surface area is 258 Å². The Morgan fingerprint density at radius 3 is 2.67 bits per heavy atom. The van der Waals surface area contributed by atoms with Crippen LogP contribution in [0.5, 0.6) is 0 Å². The monoisotopic (exact) mass is 618 g/mol. The van der Waals surface area contributed by atoms with E-state index in [1.54, 1.807) is 22.5 Å². The number of hydrogen-bond donors (Lipinski definition) is 1. The summed E-state index contributed by atoms with van der Waals surface area (Å²) >= 11 is 8.09. The molecule has 5 heterocycles. The number of piperidine rings is 1. The second-order valence-electron chi connectivity index (χ2n) is 11.5. The van der Waals surface area contributed by atoms with Crippen molar-refractivity contribution < 1.29 is 14.0 Å². The molecule has 1 N–H and O–H groups in total. The molecule has 43 heavy (non-hydrogen) atoms. The smallest absolute Gasteiger partial charge is 0.255 e. The van der Waals surface area contributed by atoms with Gasteiger partial charge in [0.15, 0.2) is 11.2 Å². The zero-order valence-electron chi connectivity index (χ0n) is 23.8. The summed E-state index contributed by atoms with van der Waals surface area (Å²) in [5.74, 6) is -0.203. The summed E-state index contributed by atoms with van der Waals surface area (Å²) in [5, 5.41) is 5.46. The van der Waals surface area contributed by atoms with Gasteiger partial charge in [0, 0.05) is 46.4 Å². The summed E-state index contributed by atoms with van der Waals surface area (Å²) in [7, 11) is 0. The zero-order chi connectivity index (χ0) is 29.7. The van der Waals surface area contributed by atoms with Gasteiger partial charge in [0.05, 0.1) is 18.6 Å². The van der Waals surface area contributed by atoms with Gasteiger partial charge >= 0.3 is 0 Å². The van der Waals surface area contributed by atoms with Crippen LogP contribution in [0.4, 0.5) is 9.52 Å². The summed E-state index contributed by atoms with van der Waals surface area (Å²) in [5.41, 5.74) is 5.30. The van der Waals surface area contributed by atoms with Crippen LogP contribution in [0.15, 0.2) is 54.3 Å². The van der Waals surface area contributed by atoms with Crippen LogP contribution in [0, 0.1) is 0 Å². The number of fused-ring (bicyclic) bond motifs is 2. The summed E-state index contributed by atoms with van der Waals surface area (Å²) in [6.07, 6.45) is 4.54. The molecule has 2 amide bonds. The van der Waals surface area contributed by atoms with Crippen molar-refractivity contribution in [3.05, 3.63) is 87.4 Å². The highest BCUT2D eigenvalue weighted by molar-refractivity contribution is 7.13. The minimum atomic E-state index is -1.07. The molecule has 1 saturated heterocycles. The average molecular weight is 619 g/mol. The lowest BCUT2D eigenvalue weighted by molar-refractivity contribution is -0.121. The number of halogens is 2. The molecule has 0 spiro atoms. The van der Waals surface area contributed by atoms with E-state index in [2.05, 4.69) is 51.4 Å². The fraction of sp³-hybridized carbons (Fsp3) is 0.375. The first kappa shape index (κ1) is 28.2. The van der Waals surface area contributed by atoms with Crippen LogP contribution in [0.1, 0.15) is 64.6 Å². The Morgan fingerprint density at radius 2 is 1.95 bits per heavy atom. The fourth-order valence-electron chi connectivity index (χ4n) is 6.68. The second kappa shape index (κ2) is 11.5. The van der Waals surface area contributed by atoms with Gasteiger partial charge in [0.25, 0.3) is 11.8 Å². The van der Waals surface area contributed by atoms with Crippen LogP contribution in [-0.2, 0) is 24.3 Å². The highest BCUT2D eigenvalue weighted by Gasteiger charge is 2.42. The predicted molar refractivity (Wildman–Crippen MR) is 165 cm³/mol. The van der Waals surface area contributed by atoms with Gasteiger partial charge in [-0.1, -0.05) is 42.8 Å².